The summed E-state index contributed by atoms with van der Waals surface area (Å²) in [6.45, 7) is 0. The smallest absolute Gasteiger partial charge is 0.283 e. The lowest BCUT2D eigenvalue weighted by molar-refractivity contribution is 0.428. The SMILES string of the molecule is O=S(=O)(O)C(c1ccccc1O)(c1ccccc1O)c1c(Cl)cc(Cl)c(Cl)c1Cl. The van der Waals surface area contributed by atoms with Crippen LogP contribution in [-0.2, 0) is 14.9 Å². The maximum absolute atomic E-state index is 13.0. The predicted molar refractivity (Wildman–Crippen MR) is 114 cm³/mol. The summed E-state index contributed by atoms with van der Waals surface area (Å²) >= 11 is 24.8. The first-order valence-corrected chi connectivity index (χ1v) is 10.9. The second-order valence-electron chi connectivity index (χ2n) is 6.03. The molecule has 3 N–H and O–H groups in total. The Labute approximate surface area is 186 Å². The summed E-state index contributed by atoms with van der Waals surface area (Å²) in [5.41, 5.74) is -0.974. The van der Waals surface area contributed by atoms with Gasteiger partial charge in [-0.25, -0.2) is 0 Å². The summed E-state index contributed by atoms with van der Waals surface area (Å²) in [4.78, 5) is 0. The number of para-hydroxylation sites is 2. The minimum Gasteiger partial charge on any atom is -0.508 e. The number of phenolic OH excluding ortho intramolecular Hbond substituents is 2. The van der Waals surface area contributed by atoms with E-state index in [2.05, 4.69) is 0 Å². The van der Waals surface area contributed by atoms with Crippen LogP contribution in [0.1, 0.15) is 16.7 Å². The number of hydrogen-bond donors (Lipinski definition) is 3. The fourth-order valence-corrected chi connectivity index (χ4v) is 5.93. The van der Waals surface area contributed by atoms with Gasteiger partial charge in [-0.3, -0.25) is 4.55 Å². The van der Waals surface area contributed by atoms with Crippen molar-refractivity contribution >= 4 is 56.5 Å². The summed E-state index contributed by atoms with van der Waals surface area (Å²) in [7, 11) is -5.20. The van der Waals surface area contributed by atoms with E-state index in [-0.39, 0.29) is 36.8 Å². The highest BCUT2D eigenvalue weighted by Gasteiger charge is 2.54. The Balaban J connectivity index is 2.69. The first-order chi connectivity index (χ1) is 13.5. The molecule has 3 aromatic carbocycles. The second-order valence-corrected chi connectivity index (χ2v) is 9.17. The molecule has 0 amide bonds. The maximum Gasteiger partial charge on any atom is 0.283 e. The Kier molecular flexibility index (Phi) is 5.98. The molecule has 0 aromatic heterocycles. The van der Waals surface area contributed by atoms with E-state index < -0.39 is 26.4 Å². The lowest BCUT2D eigenvalue weighted by atomic mass is 9.82. The molecule has 29 heavy (non-hydrogen) atoms. The first kappa shape index (κ1) is 22.0. The normalized spacial score (nSPS) is 12.2. The van der Waals surface area contributed by atoms with Gasteiger partial charge in [0.15, 0.2) is 4.75 Å². The highest BCUT2D eigenvalue weighted by molar-refractivity contribution is 7.87. The highest BCUT2D eigenvalue weighted by Crippen LogP contribution is 2.55. The molecule has 0 bridgehead atoms. The number of benzene rings is 3. The Morgan fingerprint density at radius 1 is 0.724 bits per heavy atom. The summed E-state index contributed by atoms with van der Waals surface area (Å²) in [5, 5.41) is 20.2. The van der Waals surface area contributed by atoms with Gasteiger partial charge in [-0.2, -0.15) is 8.42 Å². The minimum absolute atomic E-state index is 0.0516. The summed E-state index contributed by atoms with van der Waals surface area (Å²) in [5.74, 6) is -0.988. The van der Waals surface area contributed by atoms with Crippen molar-refractivity contribution in [1.29, 1.82) is 0 Å². The lowest BCUT2D eigenvalue weighted by Gasteiger charge is -2.34. The molecular formula is C19H12Cl4O5S. The molecule has 0 saturated heterocycles. The van der Waals surface area contributed by atoms with Crippen molar-refractivity contribution in [2.45, 2.75) is 4.75 Å². The number of halogens is 4. The van der Waals surface area contributed by atoms with Gasteiger partial charge in [0, 0.05) is 21.7 Å². The summed E-state index contributed by atoms with van der Waals surface area (Å²) in [6.07, 6.45) is 0. The van der Waals surface area contributed by atoms with Gasteiger partial charge in [-0.05, 0) is 18.2 Å². The van der Waals surface area contributed by atoms with Gasteiger partial charge in [-0.1, -0.05) is 82.8 Å². The zero-order valence-electron chi connectivity index (χ0n) is 14.3. The van der Waals surface area contributed by atoms with Crippen LogP contribution in [-0.4, -0.2) is 23.2 Å². The average Bonchev–Trinajstić information content (AvgIpc) is 2.64. The Bertz CT molecular complexity index is 1170. The molecule has 0 fully saturated rings. The van der Waals surface area contributed by atoms with Crippen molar-refractivity contribution in [2.75, 3.05) is 0 Å². The predicted octanol–water partition coefficient (Wildman–Crippen LogP) is 5.89. The Morgan fingerprint density at radius 3 is 1.59 bits per heavy atom. The van der Waals surface area contributed by atoms with Crippen LogP contribution < -0.4 is 0 Å². The van der Waals surface area contributed by atoms with Gasteiger partial charge in [0.1, 0.15) is 11.5 Å². The van der Waals surface area contributed by atoms with E-state index in [1.807, 2.05) is 0 Å². The van der Waals surface area contributed by atoms with Crippen LogP contribution in [0.15, 0.2) is 54.6 Å². The van der Waals surface area contributed by atoms with Crippen molar-refractivity contribution in [2.24, 2.45) is 0 Å². The monoisotopic (exact) mass is 492 g/mol. The molecule has 0 atom stereocenters. The molecule has 152 valence electrons. The quantitative estimate of drug-likeness (QED) is 0.182. The van der Waals surface area contributed by atoms with E-state index in [0.29, 0.717) is 0 Å². The number of aromatic hydroxyl groups is 2. The number of hydrogen-bond acceptors (Lipinski definition) is 4. The van der Waals surface area contributed by atoms with Gasteiger partial charge >= 0.3 is 0 Å². The molecule has 5 nitrogen and oxygen atoms in total. The van der Waals surface area contributed by atoms with Gasteiger partial charge in [0.2, 0.25) is 0 Å². The highest BCUT2D eigenvalue weighted by atomic mass is 35.5. The molecule has 3 rings (SSSR count). The standard InChI is InChI=1S/C19H12Cl4O5S/c20-12-9-13(21)17(22)18(23)16(12)19(29(26,27)28,10-5-1-3-7-14(10)24)11-6-2-4-8-15(11)25/h1-9,24-25H,(H,26,27,28). The van der Waals surface area contributed by atoms with Crippen LogP contribution in [0.25, 0.3) is 0 Å². The van der Waals surface area contributed by atoms with E-state index in [1.165, 1.54) is 48.5 Å². The second kappa shape index (κ2) is 7.87. The summed E-state index contributed by atoms with van der Waals surface area (Å²) in [6, 6.07) is 11.9. The Hall–Kier alpha value is -1.67. The van der Waals surface area contributed by atoms with E-state index in [4.69, 9.17) is 46.4 Å². The molecule has 0 spiro atoms. The van der Waals surface area contributed by atoms with Crippen molar-refractivity contribution in [3.8, 4) is 11.5 Å². The zero-order chi connectivity index (χ0) is 21.6. The first-order valence-electron chi connectivity index (χ1n) is 7.91. The molecule has 0 unspecified atom stereocenters. The Morgan fingerprint density at radius 2 is 1.17 bits per heavy atom. The molecule has 0 aliphatic heterocycles. The largest absolute Gasteiger partial charge is 0.508 e. The average molecular weight is 494 g/mol. The molecular weight excluding hydrogens is 482 g/mol. The van der Waals surface area contributed by atoms with Crippen LogP contribution in [0.3, 0.4) is 0 Å². The molecule has 3 aromatic rings. The van der Waals surface area contributed by atoms with Crippen molar-refractivity contribution in [3.63, 3.8) is 0 Å². The fourth-order valence-electron chi connectivity index (χ4n) is 3.25. The minimum atomic E-state index is -5.20. The van der Waals surface area contributed by atoms with E-state index in [9.17, 15) is 23.2 Å². The number of rotatable bonds is 4. The summed E-state index contributed by atoms with van der Waals surface area (Å²) < 4.78 is 33.9. The van der Waals surface area contributed by atoms with Crippen LogP contribution in [0, 0.1) is 0 Å². The zero-order valence-corrected chi connectivity index (χ0v) is 18.1. The van der Waals surface area contributed by atoms with Crippen molar-refractivity contribution in [3.05, 3.63) is 91.4 Å². The van der Waals surface area contributed by atoms with Crippen LogP contribution in [0.2, 0.25) is 20.1 Å². The van der Waals surface area contributed by atoms with Crippen LogP contribution in [0.5, 0.6) is 11.5 Å². The third kappa shape index (κ3) is 3.44. The third-order valence-electron chi connectivity index (χ3n) is 4.42. The van der Waals surface area contributed by atoms with Gasteiger partial charge < -0.3 is 10.2 Å². The van der Waals surface area contributed by atoms with Gasteiger partial charge in [-0.15, -0.1) is 0 Å². The maximum atomic E-state index is 13.0. The van der Waals surface area contributed by atoms with Crippen LogP contribution >= 0.6 is 46.4 Å². The number of phenols is 2. The molecule has 0 aliphatic carbocycles. The van der Waals surface area contributed by atoms with E-state index in [1.54, 1.807) is 0 Å². The van der Waals surface area contributed by atoms with Crippen LogP contribution in [0.4, 0.5) is 0 Å². The topological polar surface area (TPSA) is 94.8 Å². The van der Waals surface area contributed by atoms with E-state index in [0.717, 1.165) is 6.07 Å². The van der Waals surface area contributed by atoms with Gasteiger partial charge in [0.05, 0.1) is 15.1 Å². The molecule has 0 radical (unpaired) electrons. The van der Waals surface area contributed by atoms with E-state index >= 15 is 0 Å². The molecule has 0 aliphatic rings. The molecule has 10 heteroatoms. The van der Waals surface area contributed by atoms with Gasteiger partial charge in [0.25, 0.3) is 10.1 Å². The third-order valence-corrected chi connectivity index (χ3v) is 7.40. The molecule has 0 heterocycles. The molecule has 0 saturated carbocycles. The lowest BCUT2D eigenvalue weighted by Crippen LogP contribution is -2.39. The van der Waals surface area contributed by atoms with Crippen molar-refractivity contribution in [1.82, 2.24) is 0 Å². The van der Waals surface area contributed by atoms with Crippen molar-refractivity contribution < 1.29 is 23.2 Å². The fraction of sp³-hybridized carbons (Fsp3) is 0.0526.